The van der Waals surface area contributed by atoms with E-state index in [-0.39, 0.29) is 9.34 Å². The molecular formula is C13H10BrN3O4S3. The molecule has 0 fully saturated rings. The number of carbonyl (C=O) groups excluding carboxylic acids is 1. The van der Waals surface area contributed by atoms with Crippen LogP contribution >= 0.6 is 38.6 Å². The fourth-order valence-electron chi connectivity index (χ4n) is 1.85. The summed E-state index contributed by atoms with van der Waals surface area (Å²) < 4.78 is 33.3. The normalized spacial score (nSPS) is 11.4. The van der Waals surface area contributed by atoms with Crippen LogP contribution in [0.1, 0.15) is 0 Å². The number of aromatic nitrogens is 1. The topological polar surface area (TPSA) is 97.4 Å². The molecule has 0 bridgehead atoms. The third-order valence-electron chi connectivity index (χ3n) is 2.89. The molecule has 1 aromatic carbocycles. The van der Waals surface area contributed by atoms with Crippen molar-refractivity contribution in [2.24, 2.45) is 0 Å². The van der Waals surface area contributed by atoms with Crippen LogP contribution in [0, 0.1) is 0 Å². The van der Waals surface area contributed by atoms with Crippen molar-refractivity contribution in [3.63, 3.8) is 0 Å². The highest BCUT2D eigenvalue weighted by Crippen LogP contribution is 2.31. The summed E-state index contributed by atoms with van der Waals surface area (Å²) in [5.74, 6) is 0.633. The van der Waals surface area contributed by atoms with Gasteiger partial charge in [0.1, 0.15) is 9.96 Å². The molecular weight excluding hydrogens is 438 g/mol. The number of amides is 2. The van der Waals surface area contributed by atoms with E-state index in [4.69, 9.17) is 4.74 Å². The highest BCUT2D eigenvalue weighted by atomic mass is 79.9. The Morgan fingerprint density at radius 3 is 2.75 bits per heavy atom. The third-order valence-corrected chi connectivity index (χ3v) is 7.19. The number of sulfonamides is 1. The first kappa shape index (κ1) is 17.1. The first-order valence-electron chi connectivity index (χ1n) is 6.40. The first-order valence-corrected chi connectivity index (χ1v) is 10.3. The molecule has 0 spiro atoms. The number of methoxy groups -OCH3 is 1. The molecule has 0 unspecified atom stereocenters. The van der Waals surface area contributed by atoms with Crippen molar-refractivity contribution in [1.82, 2.24) is 9.71 Å². The zero-order valence-corrected chi connectivity index (χ0v) is 16.1. The summed E-state index contributed by atoms with van der Waals surface area (Å²) in [5.41, 5.74) is 0. The largest absolute Gasteiger partial charge is 0.497 e. The van der Waals surface area contributed by atoms with Crippen LogP contribution < -0.4 is 14.8 Å². The third kappa shape index (κ3) is 3.69. The van der Waals surface area contributed by atoms with E-state index in [0.29, 0.717) is 5.75 Å². The van der Waals surface area contributed by atoms with E-state index in [1.54, 1.807) is 18.2 Å². The van der Waals surface area contributed by atoms with Crippen molar-refractivity contribution in [3.8, 4) is 5.75 Å². The zero-order chi connectivity index (χ0) is 17.3. The van der Waals surface area contributed by atoms with Crippen molar-refractivity contribution < 1.29 is 17.9 Å². The molecule has 3 rings (SSSR count). The smallest absolute Gasteiger partial charge is 0.334 e. The van der Waals surface area contributed by atoms with Gasteiger partial charge in [-0.1, -0.05) is 11.3 Å². The fourth-order valence-corrected chi connectivity index (χ4v) is 5.29. The summed E-state index contributed by atoms with van der Waals surface area (Å²) in [7, 11) is -2.44. The van der Waals surface area contributed by atoms with Crippen molar-refractivity contribution >= 4 is 69.9 Å². The Balaban J connectivity index is 1.80. The Bertz CT molecular complexity index is 1010. The van der Waals surface area contributed by atoms with Crippen LogP contribution in [0.25, 0.3) is 10.1 Å². The number of hydrogen-bond donors (Lipinski definition) is 2. The molecule has 0 radical (unpaired) electrons. The van der Waals surface area contributed by atoms with Crippen LogP contribution in [0.15, 0.2) is 38.5 Å². The number of halogens is 1. The molecule has 24 heavy (non-hydrogen) atoms. The van der Waals surface area contributed by atoms with Gasteiger partial charge in [-0.25, -0.2) is 22.9 Å². The minimum Gasteiger partial charge on any atom is -0.497 e. The van der Waals surface area contributed by atoms with Crippen molar-refractivity contribution in [2.45, 2.75) is 4.21 Å². The molecule has 2 aromatic heterocycles. The number of carbonyl (C=O) groups is 1. The van der Waals surface area contributed by atoms with Gasteiger partial charge in [-0.2, -0.15) is 0 Å². The number of thiophene rings is 1. The lowest BCUT2D eigenvalue weighted by atomic mass is 10.2. The van der Waals surface area contributed by atoms with Crippen LogP contribution in [0.2, 0.25) is 0 Å². The molecule has 2 heterocycles. The van der Waals surface area contributed by atoms with Gasteiger partial charge in [0.25, 0.3) is 10.0 Å². The van der Waals surface area contributed by atoms with E-state index < -0.39 is 16.1 Å². The van der Waals surface area contributed by atoms with E-state index in [9.17, 15) is 13.2 Å². The predicted octanol–water partition coefficient (Wildman–Crippen LogP) is 3.64. The Kier molecular flexibility index (Phi) is 4.76. The predicted molar refractivity (Wildman–Crippen MR) is 97.5 cm³/mol. The second kappa shape index (κ2) is 6.67. The highest BCUT2D eigenvalue weighted by molar-refractivity contribution is 9.11. The van der Waals surface area contributed by atoms with E-state index in [1.165, 1.54) is 30.7 Å². The van der Waals surface area contributed by atoms with Crippen LogP contribution in [0.5, 0.6) is 5.75 Å². The molecule has 3 aromatic rings. The Hall–Kier alpha value is -1.69. The summed E-state index contributed by atoms with van der Waals surface area (Å²) >= 11 is 5.44. The van der Waals surface area contributed by atoms with Crippen molar-refractivity contribution in [3.05, 3.63) is 34.2 Å². The van der Waals surface area contributed by atoms with Gasteiger partial charge in [-0.15, -0.1) is 11.3 Å². The van der Waals surface area contributed by atoms with Gasteiger partial charge >= 0.3 is 6.03 Å². The lowest BCUT2D eigenvalue weighted by Crippen LogP contribution is -2.33. The quantitative estimate of drug-likeness (QED) is 0.635. The molecule has 11 heteroatoms. The zero-order valence-electron chi connectivity index (χ0n) is 12.1. The Morgan fingerprint density at radius 1 is 1.29 bits per heavy atom. The van der Waals surface area contributed by atoms with Crippen LogP contribution in [0.4, 0.5) is 9.93 Å². The van der Waals surface area contributed by atoms with Gasteiger partial charge in [-0.05, 0) is 45.6 Å². The minimum absolute atomic E-state index is 0.0428. The molecule has 0 aliphatic heterocycles. The molecule has 0 saturated heterocycles. The van der Waals surface area contributed by atoms with Gasteiger partial charge < -0.3 is 4.74 Å². The van der Waals surface area contributed by atoms with Crippen molar-refractivity contribution in [2.75, 3.05) is 12.4 Å². The second-order valence-electron chi connectivity index (χ2n) is 4.50. The Labute approximate surface area is 153 Å². The van der Waals surface area contributed by atoms with E-state index >= 15 is 0 Å². The monoisotopic (exact) mass is 447 g/mol. The second-order valence-corrected chi connectivity index (χ2v) is 9.90. The molecule has 0 aliphatic rings. The molecule has 126 valence electrons. The number of fused-ring (bicyclic) bond motifs is 1. The summed E-state index contributed by atoms with van der Waals surface area (Å²) in [6.45, 7) is 0. The number of urea groups is 1. The maximum absolute atomic E-state index is 12.3. The molecule has 0 aliphatic carbocycles. The maximum atomic E-state index is 12.3. The average molecular weight is 448 g/mol. The van der Waals surface area contributed by atoms with Crippen LogP contribution in [0.3, 0.4) is 0 Å². The number of rotatable bonds is 4. The van der Waals surface area contributed by atoms with Gasteiger partial charge in [0.15, 0.2) is 5.13 Å². The number of nitrogens with zero attached hydrogens (tertiary/aromatic N) is 1. The first-order chi connectivity index (χ1) is 11.4. The lowest BCUT2D eigenvalue weighted by Gasteiger charge is -2.04. The minimum atomic E-state index is -3.97. The summed E-state index contributed by atoms with van der Waals surface area (Å²) in [5, 5.41) is 3.42. The van der Waals surface area contributed by atoms with Gasteiger partial charge in [0.05, 0.1) is 17.1 Å². The van der Waals surface area contributed by atoms with Crippen LogP contribution in [-0.4, -0.2) is 26.5 Å². The number of thiazole rings is 1. The summed E-state index contributed by atoms with van der Waals surface area (Å²) in [4.78, 5) is 15.8. The highest BCUT2D eigenvalue weighted by Gasteiger charge is 2.21. The Morgan fingerprint density at radius 2 is 2.08 bits per heavy atom. The standard InChI is InChI=1S/C13H10BrN3O4S3/c1-21-8-3-2-7-4-11(22-9(7)5-8)24(19,20)17-12(18)16-13-15-6-10(14)23-13/h2-6H,1H3,(H2,15,16,17,18). The fraction of sp³-hybridized carbons (Fsp3) is 0.0769. The molecule has 0 atom stereocenters. The molecule has 0 saturated carbocycles. The van der Waals surface area contributed by atoms with Crippen LogP contribution in [-0.2, 0) is 10.0 Å². The molecule has 2 amide bonds. The lowest BCUT2D eigenvalue weighted by molar-refractivity contribution is 0.256. The number of anilines is 1. The van der Waals surface area contributed by atoms with E-state index in [1.807, 2.05) is 4.72 Å². The van der Waals surface area contributed by atoms with Gasteiger partial charge in [0, 0.05) is 4.70 Å². The average Bonchev–Trinajstić information content (AvgIpc) is 3.12. The SMILES string of the molecule is COc1ccc2cc(S(=O)(=O)NC(=O)Nc3ncc(Br)s3)sc2c1. The number of benzene rings is 1. The molecule has 2 N–H and O–H groups in total. The van der Waals surface area contributed by atoms with Gasteiger partial charge in [-0.3, -0.25) is 5.32 Å². The van der Waals surface area contributed by atoms with Crippen molar-refractivity contribution in [1.29, 1.82) is 0 Å². The number of hydrogen-bond acceptors (Lipinski definition) is 7. The maximum Gasteiger partial charge on any atom is 0.334 e. The van der Waals surface area contributed by atoms with E-state index in [2.05, 4.69) is 26.2 Å². The number of ether oxygens (including phenoxy) is 1. The van der Waals surface area contributed by atoms with Gasteiger partial charge in [0.2, 0.25) is 0 Å². The van der Waals surface area contributed by atoms with E-state index in [0.717, 1.165) is 25.2 Å². The number of nitrogens with one attached hydrogen (secondary N) is 2. The molecule has 7 nitrogen and oxygen atoms in total. The summed E-state index contributed by atoms with van der Waals surface area (Å²) in [6.07, 6.45) is 1.51. The summed E-state index contributed by atoms with van der Waals surface area (Å²) in [6, 6.07) is 5.89.